The van der Waals surface area contributed by atoms with Crippen LogP contribution in [0.4, 0.5) is 11.4 Å². The molecule has 0 aliphatic carbocycles. The van der Waals surface area contributed by atoms with Crippen molar-refractivity contribution in [1.82, 2.24) is 5.32 Å². The number of halogens is 1. The number of rotatable bonds is 4. The summed E-state index contributed by atoms with van der Waals surface area (Å²) >= 11 is 3.43. The summed E-state index contributed by atoms with van der Waals surface area (Å²) in [6, 6.07) is 5.90. The van der Waals surface area contributed by atoms with Crippen LogP contribution in [0, 0.1) is 5.92 Å². The van der Waals surface area contributed by atoms with E-state index in [9.17, 15) is 4.79 Å². The van der Waals surface area contributed by atoms with Crippen LogP contribution >= 0.6 is 15.9 Å². The predicted molar refractivity (Wildman–Crippen MR) is 78.1 cm³/mol. The largest absolute Gasteiger partial charge is 0.376 e. The van der Waals surface area contributed by atoms with Crippen molar-refractivity contribution in [2.45, 2.75) is 6.42 Å². The molecule has 18 heavy (non-hydrogen) atoms. The summed E-state index contributed by atoms with van der Waals surface area (Å²) in [7, 11) is 3.93. The van der Waals surface area contributed by atoms with Crippen LogP contribution in [0.2, 0.25) is 0 Å². The highest BCUT2D eigenvalue weighted by Gasteiger charge is 2.20. The van der Waals surface area contributed by atoms with Crippen molar-refractivity contribution in [3.8, 4) is 0 Å². The zero-order chi connectivity index (χ0) is 13.1. The Kier molecular flexibility index (Phi) is 4.24. The molecule has 1 aliphatic heterocycles. The van der Waals surface area contributed by atoms with Gasteiger partial charge in [-0.15, -0.1) is 0 Å². The lowest BCUT2D eigenvalue weighted by Gasteiger charge is -2.26. The molecule has 1 amide bonds. The Morgan fingerprint density at radius 2 is 2.22 bits per heavy atom. The third kappa shape index (κ3) is 3.23. The first-order chi connectivity index (χ1) is 8.56. The van der Waals surface area contributed by atoms with Gasteiger partial charge in [0.25, 0.3) is 0 Å². The Hall–Kier alpha value is -1.07. The van der Waals surface area contributed by atoms with E-state index >= 15 is 0 Å². The lowest BCUT2D eigenvalue weighted by Crippen LogP contribution is -2.43. The van der Waals surface area contributed by atoms with Gasteiger partial charge in [-0.05, 0) is 37.2 Å². The van der Waals surface area contributed by atoms with E-state index in [0.29, 0.717) is 12.3 Å². The highest BCUT2D eigenvalue weighted by molar-refractivity contribution is 9.10. The first-order valence-electron chi connectivity index (χ1n) is 6.03. The maximum Gasteiger partial charge on any atom is 0.224 e. The fourth-order valence-corrected chi connectivity index (χ4v) is 2.32. The van der Waals surface area contributed by atoms with Crippen LogP contribution in [0.25, 0.3) is 0 Å². The standard InChI is InChI=1S/C13H18BrN3O/c1-17(2)12-4-3-10(14)6-11(12)16-13(18)5-9-7-15-8-9/h3-4,6,9,15H,5,7-8H2,1-2H3,(H,16,18). The lowest BCUT2D eigenvalue weighted by atomic mass is 9.99. The molecule has 4 nitrogen and oxygen atoms in total. The summed E-state index contributed by atoms with van der Waals surface area (Å²) in [5.74, 6) is 0.572. The van der Waals surface area contributed by atoms with Gasteiger partial charge in [-0.25, -0.2) is 0 Å². The zero-order valence-corrected chi connectivity index (χ0v) is 12.3. The van der Waals surface area contributed by atoms with E-state index in [1.54, 1.807) is 0 Å². The second-order valence-corrected chi connectivity index (χ2v) is 5.75. The van der Waals surface area contributed by atoms with Crippen molar-refractivity contribution in [3.05, 3.63) is 22.7 Å². The summed E-state index contributed by atoms with van der Waals surface area (Å²) in [6.07, 6.45) is 0.590. The molecule has 1 aliphatic rings. The molecule has 1 aromatic carbocycles. The number of amides is 1. The summed E-state index contributed by atoms with van der Waals surface area (Å²) in [5, 5.41) is 6.17. The molecule has 0 radical (unpaired) electrons. The van der Waals surface area contributed by atoms with Crippen molar-refractivity contribution in [1.29, 1.82) is 0 Å². The van der Waals surface area contributed by atoms with E-state index in [1.807, 2.05) is 37.2 Å². The second kappa shape index (κ2) is 5.71. The van der Waals surface area contributed by atoms with Gasteiger partial charge in [0.2, 0.25) is 5.91 Å². The van der Waals surface area contributed by atoms with Gasteiger partial charge in [0.15, 0.2) is 0 Å². The van der Waals surface area contributed by atoms with E-state index in [1.165, 1.54) is 0 Å². The molecule has 1 saturated heterocycles. The summed E-state index contributed by atoms with van der Waals surface area (Å²) < 4.78 is 0.966. The van der Waals surface area contributed by atoms with Gasteiger partial charge in [-0.1, -0.05) is 15.9 Å². The maximum atomic E-state index is 11.9. The van der Waals surface area contributed by atoms with E-state index < -0.39 is 0 Å². The number of nitrogens with zero attached hydrogens (tertiary/aromatic N) is 1. The van der Waals surface area contributed by atoms with Gasteiger partial charge >= 0.3 is 0 Å². The molecule has 0 bridgehead atoms. The van der Waals surface area contributed by atoms with E-state index in [0.717, 1.165) is 28.9 Å². The Morgan fingerprint density at radius 1 is 1.50 bits per heavy atom. The molecular formula is C13H18BrN3O. The number of carbonyl (C=O) groups excluding carboxylic acids is 1. The van der Waals surface area contributed by atoms with Crippen molar-refractivity contribution in [2.75, 3.05) is 37.4 Å². The zero-order valence-electron chi connectivity index (χ0n) is 10.7. The average Bonchev–Trinajstić information content (AvgIpc) is 2.23. The second-order valence-electron chi connectivity index (χ2n) is 4.83. The van der Waals surface area contributed by atoms with Crippen LogP contribution in [0.15, 0.2) is 22.7 Å². The van der Waals surface area contributed by atoms with Crippen molar-refractivity contribution in [3.63, 3.8) is 0 Å². The van der Waals surface area contributed by atoms with Crippen LogP contribution in [-0.4, -0.2) is 33.1 Å². The number of carbonyl (C=O) groups is 1. The van der Waals surface area contributed by atoms with Crippen molar-refractivity contribution < 1.29 is 4.79 Å². The Bertz CT molecular complexity index is 444. The number of nitrogens with one attached hydrogen (secondary N) is 2. The minimum absolute atomic E-state index is 0.0858. The summed E-state index contributed by atoms with van der Waals surface area (Å²) in [4.78, 5) is 13.9. The number of hydrogen-bond donors (Lipinski definition) is 2. The van der Waals surface area contributed by atoms with Crippen LogP contribution in [0.1, 0.15) is 6.42 Å². The molecule has 2 rings (SSSR count). The molecule has 2 N–H and O–H groups in total. The number of anilines is 2. The first-order valence-corrected chi connectivity index (χ1v) is 6.83. The molecule has 1 fully saturated rings. The molecule has 98 valence electrons. The van der Waals surface area contributed by atoms with E-state index in [-0.39, 0.29) is 5.91 Å². The number of benzene rings is 1. The molecule has 0 spiro atoms. The number of hydrogen-bond acceptors (Lipinski definition) is 3. The molecular weight excluding hydrogens is 294 g/mol. The highest BCUT2D eigenvalue weighted by Crippen LogP contribution is 2.28. The molecule has 0 saturated carbocycles. The van der Waals surface area contributed by atoms with Gasteiger partial charge < -0.3 is 15.5 Å². The summed E-state index contributed by atoms with van der Waals surface area (Å²) in [6.45, 7) is 1.90. The van der Waals surface area contributed by atoms with Gasteiger partial charge in [-0.2, -0.15) is 0 Å². The minimum atomic E-state index is 0.0858. The minimum Gasteiger partial charge on any atom is -0.376 e. The molecule has 1 heterocycles. The highest BCUT2D eigenvalue weighted by atomic mass is 79.9. The molecule has 5 heteroatoms. The monoisotopic (exact) mass is 311 g/mol. The normalized spacial score (nSPS) is 15.1. The van der Waals surface area contributed by atoms with Gasteiger partial charge in [0.05, 0.1) is 11.4 Å². The van der Waals surface area contributed by atoms with Gasteiger partial charge in [-0.3, -0.25) is 4.79 Å². The van der Waals surface area contributed by atoms with Crippen LogP contribution in [0.5, 0.6) is 0 Å². The van der Waals surface area contributed by atoms with Crippen LogP contribution in [0.3, 0.4) is 0 Å². The Morgan fingerprint density at radius 3 is 2.78 bits per heavy atom. The van der Waals surface area contributed by atoms with E-state index in [4.69, 9.17) is 0 Å². The lowest BCUT2D eigenvalue weighted by molar-refractivity contribution is -0.117. The average molecular weight is 312 g/mol. The Balaban J connectivity index is 2.06. The first kappa shape index (κ1) is 13.4. The maximum absolute atomic E-state index is 11.9. The Labute approximate surface area is 116 Å². The topological polar surface area (TPSA) is 44.4 Å². The van der Waals surface area contributed by atoms with Crippen molar-refractivity contribution in [2.24, 2.45) is 5.92 Å². The van der Waals surface area contributed by atoms with Crippen molar-refractivity contribution >= 4 is 33.2 Å². The molecule has 0 atom stereocenters. The smallest absolute Gasteiger partial charge is 0.224 e. The SMILES string of the molecule is CN(C)c1ccc(Br)cc1NC(=O)CC1CNC1. The van der Waals surface area contributed by atoms with Gasteiger partial charge in [0, 0.05) is 25.0 Å². The van der Waals surface area contributed by atoms with E-state index in [2.05, 4.69) is 26.6 Å². The molecule has 0 unspecified atom stereocenters. The van der Waals surface area contributed by atoms with Crippen LogP contribution < -0.4 is 15.5 Å². The quantitative estimate of drug-likeness (QED) is 0.894. The molecule has 0 aromatic heterocycles. The van der Waals surface area contributed by atoms with Gasteiger partial charge in [0.1, 0.15) is 0 Å². The summed E-state index contributed by atoms with van der Waals surface area (Å²) in [5.41, 5.74) is 1.87. The predicted octanol–water partition coefficient (Wildman–Crippen LogP) is 2.06. The third-order valence-corrected chi connectivity index (χ3v) is 3.55. The van der Waals surface area contributed by atoms with Crippen LogP contribution in [-0.2, 0) is 4.79 Å². The fourth-order valence-electron chi connectivity index (χ4n) is 1.95. The third-order valence-electron chi connectivity index (χ3n) is 3.05. The fraction of sp³-hybridized carbons (Fsp3) is 0.462. The molecule has 1 aromatic rings.